The van der Waals surface area contributed by atoms with Gasteiger partial charge >= 0.3 is 19.4 Å². The van der Waals surface area contributed by atoms with Crippen molar-refractivity contribution in [1.29, 1.82) is 0 Å². The van der Waals surface area contributed by atoms with Gasteiger partial charge in [-0.2, -0.15) is 8.78 Å². The van der Waals surface area contributed by atoms with Crippen LogP contribution in [0, 0.1) is 0 Å². The van der Waals surface area contributed by atoms with Gasteiger partial charge in [0, 0.05) is 30.9 Å². The second kappa shape index (κ2) is 8.08. The highest BCUT2D eigenvalue weighted by Gasteiger charge is 2.65. The van der Waals surface area contributed by atoms with E-state index in [-0.39, 0.29) is 0 Å². The minimum absolute atomic E-state index is 0.398. The maximum Gasteiger partial charge on any atom is 0.475 e. The van der Waals surface area contributed by atoms with Crippen LogP contribution in [0.3, 0.4) is 0 Å². The van der Waals surface area contributed by atoms with Gasteiger partial charge in [0.05, 0.1) is 12.7 Å². The number of methoxy groups -OCH3 is 1. The van der Waals surface area contributed by atoms with Crippen molar-refractivity contribution in [2.24, 2.45) is 0 Å². The lowest BCUT2D eigenvalue weighted by Crippen LogP contribution is -2.46. The number of hydrogen-bond acceptors (Lipinski definition) is 10. The van der Waals surface area contributed by atoms with Gasteiger partial charge in [-0.25, -0.2) is 9.36 Å². The predicted octanol–water partition coefficient (Wildman–Crippen LogP) is 1.39. The Kier molecular flexibility index (Phi) is 5.99. The first-order valence-corrected chi connectivity index (χ1v) is 12.4. The van der Waals surface area contributed by atoms with E-state index in [0.29, 0.717) is 16.1 Å². The van der Waals surface area contributed by atoms with Crippen molar-refractivity contribution in [3.05, 3.63) is 33.1 Å². The van der Waals surface area contributed by atoms with Gasteiger partial charge < -0.3 is 9.47 Å². The van der Waals surface area contributed by atoms with Crippen molar-refractivity contribution in [3.63, 3.8) is 0 Å². The van der Waals surface area contributed by atoms with Gasteiger partial charge in [-0.15, -0.1) is 0 Å². The lowest BCUT2D eigenvalue weighted by Gasteiger charge is -2.36. The smallest absolute Gasteiger partial charge is 0.378 e. The number of fused-ring (bicyclic) bond motifs is 1. The zero-order chi connectivity index (χ0) is 20.8. The van der Waals surface area contributed by atoms with Crippen LogP contribution in [-0.2, 0) is 27.6 Å². The van der Waals surface area contributed by atoms with Crippen LogP contribution in [0.4, 0.5) is 8.78 Å². The summed E-state index contributed by atoms with van der Waals surface area (Å²) in [6.07, 6.45) is -5.47. The molecule has 0 aliphatic carbocycles. The summed E-state index contributed by atoms with van der Waals surface area (Å²) in [7, 11) is 0.161. The second-order valence-corrected chi connectivity index (χ2v) is 10.6. The molecule has 162 valence electrons. The summed E-state index contributed by atoms with van der Waals surface area (Å²) < 4.78 is 69.7. The fraction of sp³-hybridized carbons (Fsp3) is 0.714. The van der Waals surface area contributed by atoms with Gasteiger partial charge in [0.2, 0.25) is 6.23 Å². The molecule has 0 amide bonds. The Morgan fingerprint density at radius 1 is 1.31 bits per heavy atom. The molecule has 1 N–H and O–H groups in total. The molecule has 0 saturated carbocycles. The maximum atomic E-state index is 15.0. The number of aromatic amines is 1. The normalized spacial score (nSPS) is 39.2. The van der Waals surface area contributed by atoms with Crippen LogP contribution in [0.1, 0.15) is 6.23 Å². The van der Waals surface area contributed by atoms with Crippen molar-refractivity contribution in [2.45, 2.75) is 36.6 Å². The lowest BCUT2D eigenvalue weighted by molar-refractivity contribution is -0.140. The van der Waals surface area contributed by atoms with E-state index < -0.39 is 62.2 Å². The third-order valence-corrected chi connectivity index (χ3v) is 8.52. The maximum absolute atomic E-state index is 15.0. The van der Waals surface area contributed by atoms with Gasteiger partial charge in [0.15, 0.2) is 6.10 Å². The number of halogens is 2. The zero-order valence-corrected chi connectivity index (χ0v) is 17.4. The van der Waals surface area contributed by atoms with Crippen LogP contribution >= 0.6 is 29.4 Å². The average Bonchev–Trinajstić information content (AvgIpc) is 2.92. The summed E-state index contributed by atoms with van der Waals surface area (Å²) in [6, 6.07) is 0.915. The van der Waals surface area contributed by atoms with Gasteiger partial charge in [-0.3, -0.25) is 27.9 Å². The molecular weight excluding hydrogens is 457 g/mol. The first-order valence-electron chi connectivity index (χ1n) is 8.47. The number of nitrogens with zero attached hydrogens (tertiary/aromatic N) is 1. The van der Waals surface area contributed by atoms with E-state index in [2.05, 4.69) is 0 Å². The van der Waals surface area contributed by atoms with E-state index in [1.807, 2.05) is 4.98 Å². The Hall–Kier alpha value is -0.730. The van der Waals surface area contributed by atoms with E-state index in [4.69, 9.17) is 23.0 Å². The SMILES string of the molecule is CO[C@@H]1CSSCC1OP1(=O)OC[C@H]2O[C@@H](n3ccc(=O)[nH]c3=O)C(F)(F)[C@@H]2O1. The van der Waals surface area contributed by atoms with Crippen LogP contribution in [0.5, 0.6) is 0 Å². The summed E-state index contributed by atoms with van der Waals surface area (Å²) >= 11 is 0. The van der Waals surface area contributed by atoms with Crippen LogP contribution in [0.2, 0.25) is 0 Å². The molecule has 0 spiro atoms. The molecule has 0 bridgehead atoms. The highest BCUT2D eigenvalue weighted by Crippen LogP contribution is 2.61. The molecule has 1 aromatic heterocycles. The molecule has 29 heavy (non-hydrogen) atoms. The van der Waals surface area contributed by atoms with E-state index in [0.717, 1.165) is 12.3 Å². The molecule has 4 rings (SSSR count). The summed E-state index contributed by atoms with van der Waals surface area (Å²) in [4.78, 5) is 25.0. The minimum Gasteiger partial charge on any atom is -0.378 e. The third-order valence-electron chi connectivity index (χ3n) is 4.62. The van der Waals surface area contributed by atoms with Crippen molar-refractivity contribution >= 4 is 29.4 Å². The Balaban J connectivity index is 1.55. The van der Waals surface area contributed by atoms with Crippen LogP contribution < -0.4 is 11.2 Å². The number of alkyl halides is 2. The number of phosphoric acid groups is 1. The number of phosphoric ester groups is 1. The number of H-pyrrole nitrogens is 1. The van der Waals surface area contributed by atoms with Crippen LogP contribution in [0.15, 0.2) is 21.9 Å². The molecular formula is C14H17F2N2O8PS2. The van der Waals surface area contributed by atoms with Crippen LogP contribution in [-0.4, -0.2) is 65.1 Å². The van der Waals surface area contributed by atoms with Crippen molar-refractivity contribution < 1.29 is 36.4 Å². The van der Waals surface area contributed by atoms with Gasteiger partial charge in [0.25, 0.3) is 5.56 Å². The number of nitrogens with one attached hydrogen (secondary N) is 1. The molecule has 3 aliphatic heterocycles. The van der Waals surface area contributed by atoms with Crippen molar-refractivity contribution in [3.8, 4) is 0 Å². The number of hydrogen-bond donors (Lipinski definition) is 1. The molecule has 2 unspecified atom stereocenters. The standard InChI is InChI=1S/C14H17F2N2O8PS2/c1-22-8-5-28-29-6-9(8)25-27(21)23-4-7-11(26-27)14(15,16)12(24-7)18-3-2-10(19)17-13(18)20/h2-3,7-9,11-12H,4-6H2,1H3,(H,17,19,20)/t7-,8-,9?,11-,12-,27?/m1/s1. The van der Waals surface area contributed by atoms with Crippen molar-refractivity contribution in [2.75, 3.05) is 25.2 Å². The van der Waals surface area contributed by atoms with E-state index in [1.165, 1.54) is 17.9 Å². The molecule has 0 aromatic carbocycles. The number of rotatable bonds is 4. The Morgan fingerprint density at radius 2 is 2.03 bits per heavy atom. The molecule has 6 atom stereocenters. The first-order chi connectivity index (χ1) is 13.7. The third kappa shape index (κ3) is 4.09. The average molecular weight is 474 g/mol. The monoisotopic (exact) mass is 474 g/mol. The van der Waals surface area contributed by atoms with E-state index in [9.17, 15) is 14.2 Å². The lowest BCUT2D eigenvalue weighted by atomic mass is 10.1. The fourth-order valence-corrected chi connectivity index (χ4v) is 7.34. The summed E-state index contributed by atoms with van der Waals surface area (Å²) in [5, 5.41) is 0. The molecule has 15 heteroatoms. The summed E-state index contributed by atoms with van der Waals surface area (Å²) in [6.45, 7) is -0.474. The molecule has 3 fully saturated rings. The zero-order valence-electron chi connectivity index (χ0n) is 14.9. The van der Waals surface area contributed by atoms with Gasteiger partial charge in [-0.1, -0.05) is 21.6 Å². The largest absolute Gasteiger partial charge is 0.475 e. The predicted molar refractivity (Wildman–Crippen MR) is 99.2 cm³/mol. The Morgan fingerprint density at radius 3 is 2.72 bits per heavy atom. The minimum atomic E-state index is -4.33. The summed E-state index contributed by atoms with van der Waals surface area (Å²) in [5.41, 5.74) is -1.81. The Bertz CT molecular complexity index is 929. The first kappa shape index (κ1) is 21.5. The molecule has 3 saturated heterocycles. The molecule has 4 heterocycles. The molecule has 10 nitrogen and oxygen atoms in total. The fourth-order valence-electron chi connectivity index (χ4n) is 3.16. The molecule has 0 radical (unpaired) electrons. The highest BCUT2D eigenvalue weighted by molar-refractivity contribution is 8.76. The molecule has 1 aromatic rings. The number of ether oxygens (including phenoxy) is 2. The second-order valence-electron chi connectivity index (χ2n) is 6.47. The van der Waals surface area contributed by atoms with Crippen molar-refractivity contribution in [1.82, 2.24) is 9.55 Å². The number of aromatic nitrogens is 2. The van der Waals surface area contributed by atoms with E-state index in [1.54, 1.807) is 10.8 Å². The quantitative estimate of drug-likeness (QED) is 0.507. The van der Waals surface area contributed by atoms with Gasteiger partial charge in [-0.05, 0) is 0 Å². The Labute approximate surface area is 170 Å². The van der Waals surface area contributed by atoms with E-state index >= 15 is 8.78 Å². The van der Waals surface area contributed by atoms with Crippen LogP contribution in [0.25, 0.3) is 0 Å². The summed E-state index contributed by atoms with van der Waals surface area (Å²) in [5.74, 6) is -2.77. The topological polar surface area (TPSA) is 118 Å². The molecule has 3 aliphatic rings. The van der Waals surface area contributed by atoms with Gasteiger partial charge in [0.1, 0.15) is 12.2 Å². The highest BCUT2D eigenvalue weighted by atomic mass is 33.1.